The highest BCUT2D eigenvalue weighted by molar-refractivity contribution is 7.17. The standard InChI is InChI=1S/C25H29N3O3S/c1-6-31-20-10-7-19(8-11-20)9-12-21(29)27-25-26-18(5)23(32-25)24(30)28-22-16(3)13-15(2)14-17(22)4/h7-8,10-11,13-14H,6,9,12H2,1-5H3,(H,28,30)(H,26,27,29). The van der Waals surface area contributed by atoms with E-state index in [1.54, 1.807) is 6.92 Å². The number of benzene rings is 2. The Morgan fingerprint density at radius 3 is 2.28 bits per heavy atom. The molecule has 1 heterocycles. The summed E-state index contributed by atoms with van der Waals surface area (Å²) in [4.78, 5) is 30.1. The lowest BCUT2D eigenvalue weighted by atomic mass is 10.1. The first-order valence-corrected chi connectivity index (χ1v) is 11.5. The second-order valence-electron chi connectivity index (χ2n) is 7.79. The molecule has 32 heavy (non-hydrogen) atoms. The van der Waals surface area contributed by atoms with Crippen molar-refractivity contribution in [3.63, 3.8) is 0 Å². The van der Waals surface area contributed by atoms with Crippen LogP contribution in [0.25, 0.3) is 0 Å². The summed E-state index contributed by atoms with van der Waals surface area (Å²) in [6.07, 6.45) is 0.942. The lowest BCUT2D eigenvalue weighted by Crippen LogP contribution is -2.13. The average molecular weight is 452 g/mol. The van der Waals surface area contributed by atoms with Crippen molar-refractivity contribution < 1.29 is 14.3 Å². The van der Waals surface area contributed by atoms with Crippen molar-refractivity contribution in [2.24, 2.45) is 0 Å². The monoisotopic (exact) mass is 451 g/mol. The summed E-state index contributed by atoms with van der Waals surface area (Å²) < 4.78 is 5.44. The van der Waals surface area contributed by atoms with Gasteiger partial charge in [0.1, 0.15) is 10.6 Å². The Morgan fingerprint density at radius 1 is 1.00 bits per heavy atom. The summed E-state index contributed by atoms with van der Waals surface area (Å²) in [5.41, 5.74) is 5.65. The van der Waals surface area contributed by atoms with Crippen LogP contribution in [0.5, 0.6) is 5.75 Å². The van der Waals surface area contributed by atoms with Gasteiger partial charge in [-0.2, -0.15) is 0 Å². The van der Waals surface area contributed by atoms with E-state index < -0.39 is 0 Å². The van der Waals surface area contributed by atoms with Crippen LogP contribution < -0.4 is 15.4 Å². The number of nitrogens with one attached hydrogen (secondary N) is 2. The molecule has 0 spiro atoms. The van der Waals surface area contributed by atoms with Crippen LogP contribution in [0, 0.1) is 27.7 Å². The molecule has 168 valence electrons. The molecule has 3 rings (SSSR count). The molecule has 0 aliphatic heterocycles. The normalized spacial score (nSPS) is 10.7. The Kier molecular flexibility index (Phi) is 7.64. The van der Waals surface area contributed by atoms with Crippen LogP contribution in [0.4, 0.5) is 10.8 Å². The van der Waals surface area contributed by atoms with Crippen LogP contribution in [0.3, 0.4) is 0 Å². The number of hydrogen-bond acceptors (Lipinski definition) is 5. The fourth-order valence-corrected chi connectivity index (χ4v) is 4.44. The molecule has 0 bridgehead atoms. The van der Waals surface area contributed by atoms with Crippen LogP contribution >= 0.6 is 11.3 Å². The number of nitrogens with zero attached hydrogens (tertiary/aromatic N) is 1. The predicted octanol–water partition coefficient (Wildman–Crippen LogP) is 5.60. The zero-order chi connectivity index (χ0) is 23.3. The summed E-state index contributed by atoms with van der Waals surface area (Å²) in [5.74, 6) is 0.468. The highest BCUT2D eigenvalue weighted by Gasteiger charge is 2.18. The molecular formula is C25H29N3O3S. The molecule has 0 saturated carbocycles. The van der Waals surface area contributed by atoms with E-state index in [1.165, 1.54) is 11.3 Å². The SMILES string of the molecule is CCOc1ccc(CCC(=O)Nc2nc(C)c(C(=O)Nc3c(C)cc(C)cc3C)s2)cc1. The van der Waals surface area contributed by atoms with Gasteiger partial charge >= 0.3 is 0 Å². The Labute approximate surface area is 193 Å². The van der Waals surface area contributed by atoms with Gasteiger partial charge in [0.05, 0.1) is 12.3 Å². The first-order valence-electron chi connectivity index (χ1n) is 10.6. The molecule has 0 saturated heterocycles. The van der Waals surface area contributed by atoms with Gasteiger partial charge in [0.25, 0.3) is 5.91 Å². The molecule has 2 aromatic carbocycles. The summed E-state index contributed by atoms with van der Waals surface area (Å²) >= 11 is 1.19. The maximum Gasteiger partial charge on any atom is 0.267 e. The number of amides is 2. The van der Waals surface area contributed by atoms with E-state index in [-0.39, 0.29) is 11.8 Å². The molecule has 1 aromatic heterocycles. The van der Waals surface area contributed by atoms with E-state index in [0.29, 0.717) is 35.2 Å². The van der Waals surface area contributed by atoms with Gasteiger partial charge in [-0.25, -0.2) is 4.98 Å². The molecular weight excluding hydrogens is 422 g/mol. The number of carbonyl (C=O) groups is 2. The largest absolute Gasteiger partial charge is 0.494 e. The van der Waals surface area contributed by atoms with Crippen molar-refractivity contribution in [3.8, 4) is 5.75 Å². The molecule has 6 nitrogen and oxygen atoms in total. The average Bonchev–Trinajstić information content (AvgIpc) is 3.10. The van der Waals surface area contributed by atoms with Gasteiger partial charge in [0.15, 0.2) is 5.13 Å². The molecule has 0 radical (unpaired) electrons. The number of aromatic nitrogens is 1. The number of carbonyl (C=O) groups excluding carboxylic acids is 2. The van der Waals surface area contributed by atoms with Crippen LogP contribution in [0.1, 0.15) is 51.0 Å². The summed E-state index contributed by atoms with van der Waals surface area (Å²) in [7, 11) is 0. The minimum Gasteiger partial charge on any atom is -0.494 e. The number of rotatable bonds is 8. The third-order valence-corrected chi connectivity index (χ3v) is 6.11. The van der Waals surface area contributed by atoms with E-state index in [9.17, 15) is 9.59 Å². The van der Waals surface area contributed by atoms with Crippen molar-refractivity contribution in [2.45, 2.75) is 47.5 Å². The molecule has 0 fully saturated rings. The molecule has 0 aliphatic rings. The summed E-state index contributed by atoms with van der Waals surface area (Å²) in [6.45, 7) is 10.3. The van der Waals surface area contributed by atoms with Gasteiger partial charge < -0.3 is 15.4 Å². The third-order valence-electron chi connectivity index (χ3n) is 5.04. The quantitative estimate of drug-likeness (QED) is 0.467. The van der Waals surface area contributed by atoms with E-state index in [2.05, 4.69) is 15.6 Å². The third kappa shape index (κ3) is 5.95. The number of anilines is 2. The zero-order valence-corrected chi connectivity index (χ0v) is 20.0. The van der Waals surface area contributed by atoms with Crippen molar-refractivity contribution in [2.75, 3.05) is 17.2 Å². The second-order valence-corrected chi connectivity index (χ2v) is 8.79. The first-order chi connectivity index (χ1) is 15.3. The smallest absolute Gasteiger partial charge is 0.267 e. The fraction of sp³-hybridized carbons (Fsp3) is 0.320. The van der Waals surface area contributed by atoms with E-state index in [0.717, 1.165) is 33.7 Å². The Hall–Kier alpha value is -3.19. The number of thiazole rings is 1. The lowest BCUT2D eigenvalue weighted by molar-refractivity contribution is -0.116. The van der Waals surface area contributed by atoms with Crippen LogP contribution in [0.15, 0.2) is 36.4 Å². The maximum atomic E-state index is 12.8. The molecule has 2 amide bonds. The maximum absolute atomic E-state index is 12.8. The van der Waals surface area contributed by atoms with Gasteiger partial charge in [-0.15, -0.1) is 0 Å². The van der Waals surface area contributed by atoms with Crippen molar-refractivity contribution in [3.05, 3.63) is 69.2 Å². The van der Waals surface area contributed by atoms with Crippen LogP contribution in [-0.4, -0.2) is 23.4 Å². The van der Waals surface area contributed by atoms with Crippen LogP contribution in [0.2, 0.25) is 0 Å². The zero-order valence-electron chi connectivity index (χ0n) is 19.2. The van der Waals surface area contributed by atoms with Gasteiger partial charge in [0.2, 0.25) is 5.91 Å². The molecule has 2 N–H and O–H groups in total. The van der Waals surface area contributed by atoms with Crippen molar-refractivity contribution in [1.29, 1.82) is 0 Å². The first kappa shape index (κ1) is 23.5. The second kappa shape index (κ2) is 10.4. The Bertz CT molecular complexity index is 1100. The van der Waals surface area contributed by atoms with E-state index in [4.69, 9.17) is 4.74 Å². The van der Waals surface area contributed by atoms with Crippen molar-refractivity contribution >= 4 is 34.0 Å². The fourth-order valence-electron chi connectivity index (χ4n) is 3.57. The molecule has 0 unspecified atom stereocenters. The highest BCUT2D eigenvalue weighted by Crippen LogP contribution is 2.27. The topological polar surface area (TPSA) is 80.3 Å². The van der Waals surface area contributed by atoms with Gasteiger partial charge in [-0.1, -0.05) is 41.2 Å². The van der Waals surface area contributed by atoms with Crippen LogP contribution in [-0.2, 0) is 11.2 Å². The highest BCUT2D eigenvalue weighted by atomic mass is 32.1. The van der Waals surface area contributed by atoms with Crippen molar-refractivity contribution in [1.82, 2.24) is 4.98 Å². The predicted molar refractivity (Wildman–Crippen MR) is 130 cm³/mol. The molecule has 7 heteroatoms. The molecule has 3 aromatic rings. The van der Waals surface area contributed by atoms with E-state index >= 15 is 0 Å². The van der Waals surface area contributed by atoms with E-state index in [1.807, 2.05) is 64.1 Å². The molecule has 0 atom stereocenters. The lowest BCUT2D eigenvalue weighted by Gasteiger charge is -2.12. The summed E-state index contributed by atoms with van der Waals surface area (Å²) in [5, 5.41) is 6.25. The minimum absolute atomic E-state index is 0.134. The Morgan fingerprint density at radius 2 is 1.66 bits per heavy atom. The molecule has 0 aliphatic carbocycles. The number of aryl methyl sites for hydroxylation is 5. The van der Waals surface area contributed by atoms with Gasteiger partial charge in [-0.05, 0) is 69.9 Å². The number of hydrogen-bond donors (Lipinski definition) is 2. The summed E-state index contributed by atoms with van der Waals surface area (Å²) in [6, 6.07) is 11.8. The van der Waals surface area contributed by atoms with Gasteiger partial charge in [0, 0.05) is 12.1 Å². The van der Waals surface area contributed by atoms with Gasteiger partial charge in [-0.3, -0.25) is 9.59 Å². The Balaban J connectivity index is 1.60. The number of ether oxygens (including phenoxy) is 1. The minimum atomic E-state index is -0.218.